The van der Waals surface area contributed by atoms with Crippen molar-refractivity contribution in [2.24, 2.45) is 0 Å². The average molecular weight is 634 g/mol. The summed E-state index contributed by atoms with van der Waals surface area (Å²) in [5.41, 5.74) is 3.71. The summed E-state index contributed by atoms with van der Waals surface area (Å²) in [6, 6.07) is 9.58. The molecule has 0 radical (unpaired) electrons. The molecule has 14 heteroatoms. The van der Waals surface area contributed by atoms with Crippen molar-refractivity contribution in [1.29, 1.82) is 0 Å². The average Bonchev–Trinajstić information content (AvgIpc) is 2.90. The van der Waals surface area contributed by atoms with Gasteiger partial charge in [0.25, 0.3) is 0 Å². The molecular formula is C30H36NO12P. The number of hydrogen-bond acceptors (Lipinski definition) is 11. The molecule has 0 bridgehead atoms. The van der Waals surface area contributed by atoms with Gasteiger partial charge in [-0.15, -0.1) is 0 Å². The van der Waals surface area contributed by atoms with Crippen molar-refractivity contribution < 1.29 is 56.6 Å². The molecule has 3 rings (SSSR count). The smallest absolute Gasteiger partial charge is 0.472 e. The maximum Gasteiger partial charge on any atom is 0.472 e. The number of carbonyl (C=O) groups is 4. The number of phosphoric acid groups is 1. The predicted molar refractivity (Wildman–Crippen MR) is 157 cm³/mol. The fourth-order valence-electron chi connectivity index (χ4n) is 4.32. The summed E-state index contributed by atoms with van der Waals surface area (Å²) < 4.78 is 43.1. The molecule has 1 aliphatic heterocycles. The lowest BCUT2D eigenvalue weighted by Gasteiger charge is -2.36. The number of hydrogen-bond donors (Lipinski definition) is 2. The van der Waals surface area contributed by atoms with Crippen molar-refractivity contribution in [1.82, 2.24) is 5.32 Å². The molecule has 0 fully saturated rings. The fraction of sp³-hybridized carbons (Fsp3) is 0.400. The number of benzene rings is 2. The molecule has 0 aliphatic carbocycles. The Labute approximate surface area is 255 Å². The highest BCUT2D eigenvalue weighted by atomic mass is 31.2. The van der Waals surface area contributed by atoms with Gasteiger partial charge in [-0.3, -0.25) is 23.4 Å². The summed E-state index contributed by atoms with van der Waals surface area (Å²) in [6.07, 6.45) is 0.776. The van der Waals surface area contributed by atoms with Gasteiger partial charge in [-0.05, 0) is 51.0 Å². The maximum atomic E-state index is 12.7. The Morgan fingerprint density at radius 2 is 1.73 bits per heavy atom. The van der Waals surface area contributed by atoms with Crippen molar-refractivity contribution >= 4 is 31.6 Å². The van der Waals surface area contributed by atoms with Crippen molar-refractivity contribution in [2.45, 2.75) is 53.2 Å². The van der Waals surface area contributed by atoms with Gasteiger partial charge in [0.05, 0.1) is 18.8 Å². The van der Waals surface area contributed by atoms with E-state index >= 15 is 0 Å². The summed E-state index contributed by atoms with van der Waals surface area (Å²) in [6.45, 7) is 8.40. The van der Waals surface area contributed by atoms with Crippen LogP contribution in [-0.2, 0) is 47.9 Å². The first-order valence-electron chi connectivity index (χ1n) is 13.6. The van der Waals surface area contributed by atoms with E-state index < -0.39 is 56.6 Å². The van der Waals surface area contributed by atoms with Crippen LogP contribution in [0.1, 0.15) is 44.4 Å². The molecule has 2 N–H and O–H groups in total. The highest BCUT2D eigenvalue weighted by Crippen LogP contribution is 2.50. The Morgan fingerprint density at radius 3 is 2.41 bits per heavy atom. The molecule has 2 aromatic carbocycles. The number of fused-ring (bicyclic) bond motifs is 3. The molecule has 0 aromatic heterocycles. The zero-order valence-electron chi connectivity index (χ0n) is 25.3. The zero-order chi connectivity index (χ0) is 32.7. The lowest BCUT2D eigenvalue weighted by molar-refractivity contribution is -0.158. The first-order chi connectivity index (χ1) is 20.6. The van der Waals surface area contributed by atoms with Crippen LogP contribution in [0.25, 0.3) is 11.1 Å². The van der Waals surface area contributed by atoms with E-state index in [2.05, 4.69) is 5.32 Å². The van der Waals surface area contributed by atoms with E-state index in [0.717, 1.165) is 48.3 Å². The third-order valence-corrected chi connectivity index (χ3v) is 7.12. The minimum atomic E-state index is -4.60. The molecule has 2 unspecified atom stereocenters. The number of carbonyl (C=O) groups excluding carboxylic acids is 4. The van der Waals surface area contributed by atoms with Gasteiger partial charge < -0.3 is 29.2 Å². The van der Waals surface area contributed by atoms with Crippen molar-refractivity contribution in [3.63, 3.8) is 0 Å². The lowest BCUT2D eigenvalue weighted by atomic mass is 9.84. The molecular weight excluding hydrogens is 597 g/mol. The van der Waals surface area contributed by atoms with E-state index in [9.17, 15) is 28.6 Å². The molecule has 0 saturated heterocycles. The summed E-state index contributed by atoms with van der Waals surface area (Å²) in [7, 11) is -4.60. The van der Waals surface area contributed by atoms with Gasteiger partial charge in [-0.1, -0.05) is 23.8 Å². The highest BCUT2D eigenvalue weighted by molar-refractivity contribution is 7.47. The number of rotatable bonds is 13. The fourth-order valence-corrected chi connectivity index (χ4v) is 5.07. The summed E-state index contributed by atoms with van der Waals surface area (Å²) >= 11 is 0. The highest BCUT2D eigenvalue weighted by Gasteiger charge is 2.35. The summed E-state index contributed by atoms with van der Waals surface area (Å²) in [5.74, 6) is -1.98. The molecule has 1 aliphatic rings. The second kappa shape index (κ2) is 14.6. The Balaban J connectivity index is 1.53. The lowest BCUT2D eigenvalue weighted by Crippen LogP contribution is -2.29. The van der Waals surface area contributed by atoms with Crippen molar-refractivity contribution in [3.8, 4) is 22.6 Å². The minimum Gasteiger partial charge on any atom is -0.482 e. The van der Waals surface area contributed by atoms with E-state index in [1.54, 1.807) is 6.07 Å². The molecule has 1 heterocycles. The largest absolute Gasteiger partial charge is 0.482 e. The number of amides is 1. The Hall–Kier alpha value is -4.03. The van der Waals surface area contributed by atoms with Crippen LogP contribution in [0, 0.1) is 13.8 Å². The van der Waals surface area contributed by atoms with Crippen LogP contribution < -0.4 is 14.8 Å². The van der Waals surface area contributed by atoms with Crippen molar-refractivity contribution in [3.05, 3.63) is 59.2 Å². The SMILES string of the molecule is CC(=O)OCC(COP(=O)(O)OCCNC(=O)/C=C\C(=O)Oc1cc(C)cc2c1-c1cc(C)ccc1C(C)(C)O2)OC(C)=O. The normalized spacial score (nSPS) is 15.2. The Kier molecular flexibility index (Phi) is 11.5. The van der Waals surface area contributed by atoms with E-state index in [4.69, 9.17) is 28.0 Å². The Morgan fingerprint density at radius 1 is 1.00 bits per heavy atom. The van der Waals surface area contributed by atoms with Crippen LogP contribution in [0.5, 0.6) is 11.5 Å². The van der Waals surface area contributed by atoms with Gasteiger partial charge in [0, 0.05) is 38.1 Å². The third-order valence-electron chi connectivity index (χ3n) is 6.13. The molecule has 0 spiro atoms. The molecule has 238 valence electrons. The van der Waals surface area contributed by atoms with Crippen LogP contribution in [0.4, 0.5) is 0 Å². The topological polar surface area (TPSA) is 173 Å². The number of phosphoric ester groups is 1. The minimum absolute atomic E-state index is 0.207. The first kappa shape index (κ1) is 34.5. The third kappa shape index (κ3) is 10.0. The zero-order valence-corrected chi connectivity index (χ0v) is 26.2. The quantitative estimate of drug-likeness (QED) is 0.108. The molecule has 0 saturated carbocycles. The van der Waals surface area contributed by atoms with Gasteiger partial charge >= 0.3 is 25.7 Å². The number of nitrogens with one attached hydrogen (secondary N) is 1. The van der Waals surface area contributed by atoms with Gasteiger partial charge in [-0.25, -0.2) is 9.36 Å². The predicted octanol–water partition coefficient (Wildman–Crippen LogP) is 3.80. The van der Waals surface area contributed by atoms with Crippen LogP contribution in [-0.4, -0.2) is 61.2 Å². The van der Waals surface area contributed by atoms with Gasteiger partial charge in [-0.2, -0.15) is 0 Å². The molecule has 44 heavy (non-hydrogen) atoms. The Bertz CT molecular complexity index is 1500. The van der Waals surface area contributed by atoms with Crippen LogP contribution >= 0.6 is 7.82 Å². The second-order valence-electron chi connectivity index (χ2n) is 10.5. The number of ether oxygens (including phenoxy) is 4. The van der Waals surface area contributed by atoms with E-state index in [1.807, 2.05) is 52.0 Å². The monoisotopic (exact) mass is 633 g/mol. The maximum absolute atomic E-state index is 12.7. The molecule has 13 nitrogen and oxygen atoms in total. The van der Waals surface area contributed by atoms with Crippen molar-refractivity contribution in [2.75, 3.05) is 26.4 Å². The van der Waals surface area contributed by atoms with Gasteiger partial charge in [0.2, 0.25) is 5.91 Å². The first-order valence-corrected chi connectivity index (χ1v) is 15.1. The number of esters is 3. The standard InChI is InChI=1S/C30H36NO12P/c1-18-7-8-24-23(13-18)29-25(14-19(2)15-26(29)43-30(24,5)6)42-28(35)10-9-27(34)31-11-12-39-44(36,37)40-17-22(41-21(4)33)16-38-20(3)32/h7-10,13-15,22H,11-12,16-17H2,1-6H3,(H,31,34)(H,36,37)/b10-9-. The summed E-state index contributed by atoms with van der Waals surface area (Å²) in [5, 5.41) is 2.39. The second-order valence-corrected chi connectivity index (χ2v) is 11.9. The number of aryl methyl sites for hydroxylation is 2. The van der Waals surface area contributed by atoms with E-state index in [1.165, 1.54) is 0 Å². The molecule has 2 aromatic rings. The van der Waals surface area contributed by atoms with Gasteiger partial charge in [0.15, 0.2) is 6.10 Å². The van der Waals surface area contributed by atoms with Crippen LogP contribution in [0.15, 0.2) is 42.5 Å². The van der Waals surface area contributed by atoms with Crippen LogP contribution in [0.2, 0.25) is 0 Å². The van der Waals surface area contributed by atoms with E-state index in [-0.39, 0.29) is 18.9 Å². The van der Waals surface area contributed by atoms with Gasteiger partial charge in [0.1, 0.15) is 23.7 Å². The molecule has 1 amide bonds. The van der Waals surface area contributed by atoms with Crippen LogP contribution in [0.3, 0.4) is 0 Å². The van der Waals surface area contributed by atoms with E-state index in [0.29, 0.717) is 11.3 Å². The summed E-state index contributed by atoms with van der Waals surface area (Å²) in [4.78, 5) is 56.8. The molecule has 2 atom stereocenters.